The summed E-state index contributed by atoms with van der Waals surface area (Å²) in [6, 6.07) is 5.90. The summed E-state index contributed by atoms with van der Waals surface area (Å²) in [5, 5.41) is 5.94. The third-order valence-corrected chi connectivity index (χ3v) is 3.13. The zero-order chi connectivity index (χ0) is 13.0. The van der Waals surface area contributed by atoms with Crippen molar-refractivity contribution < 1.29 is 4.79 Å². The van der Waals surface area contributed by atoms with Gasteiger partial charge in [-0.25, -0.2) is 0 Å². The van der Waals surface area contributed by atoms with Gasteiger partial charge in [0.25, 0.3) is 5.91 Å². The van der Waals surface area contributed by atoms with Gasteiger partial charge in [-0.15, -0.1) is 0 Å². The lowest BCUT2D eigenvalue weighted by molar-refractivity contribution is -0.110. The maximum atomic E-state index is 12.0. The number of aliphatic imine (C=N–C) groups is 1. The summed E-state index contributed by atoms with van der Waals surface area (Å²) in [4.78, 5) is 16.3. The standard InChI is InChI=1S/C14H19N3O/c1-10-5-6-12(9-11(10)2)17-14(18)13-15-7-3-4-8-16-13/h5-6,9H,3-4,7-8H2,1-2H3,(H,15,16)(H,17,18). The van der Waals surface area contributed by atoms with Gasteiger partial charge in [-0.3, -0.25) is 9.79 Å². The molecule has 4 nitrogen and oxygen atoms in total. The monoisotopic (exact) mass is 245 g/mol. The van der Waals surface area contributed by atoms with E-state index in [9.17, 15) is 4.79 Å². The smallest absolute Gasteiger partial charge is 0.290 e. The number of hydrogen-bond donors (Lipinski definition) is 2. The lowest BCUT2D eigenvalue weighted by Crippen LogP contribution is -2.35. The van der Waals surface area contributed by atoms with Crippen LogP contribution < -0.4 is 10.6 Å². The average molecular weight is 245 g/mol. The first-order chi connectivity index (χ1) is 8.66. The Morgan fingerprint density at radius 1 is 1.28 bits per heavy atom. The van der Waals surface area contributed by atoms with Gasteiger partial charge in [0.1, 0.15) is 0 Å². The van der Waals surface area contributed by atoms with Gasteiger partial charge in [0, 0.05) is 18.8 Å². The Kier molecular flexibility index (Phi) is 3.97. The molecule has 0 saturated heterocycles. The lowest BCUT2D eigenvalue weighted by atomic mass is 10.1. The van der Waals surface area contributed by atoms with Crippen LogP contribution >= 0.6 is 0 Å². The Bertz CT molecular complexity index is 480. The molecule has 0 aliphatic carbocycles. The van der Waals surface area contributed by atoms with Crippen LogP contribution in [-0.4, -0.2) is 24.8 Å². The average Bonchev–Trinajstić information content (AvgIpc) is 2.62. The number of amidine groups is 1. The van der Waals surface area contributed by atoms with Crippen molar-refractivity contribution in [2.75, 3.05) is 18.4 Å². The molecule has 4 heteroatoms. The molecule has 1 heterocycles. The van der Waals surface area contributed by atoms with E-state index in [0.717, 1.165) is 31.6 Å². The van der Waals surface area contributed by atoms with E-state index in [4.69, 9.17) is 0 Å². The molecule has 0 aromatic heterocycles. The predicted octanol–water partition coefficient (Wildman–Crippen LogP) is 2.02. The van der Waals surface area contributed by atoms with Gasteiger partial charge in [-0.2, -0.15) is 0 Å². The molecule has 1 aliphatic rings. The maximum Gasteiger partial charge on any atom is 0.290 e. The molecule has 1 aromatic carbocycles. The maximum absolute atomic E-state index is 12.0. The normalized spacial score (nSPS) is 15.3. The fourth-order valence-corrected chi connectivity index (χ4v) is 1.85. The molecule has 0 spiro atoms. The highest BCUT2D eigenvalue weighted by molar-refractivity contribution is 6.42. The Hall–Kier alpha value is -1.84. The van der Waals surface area contributed by atoms with Crippen molar-refractivity contribution in [3.8, 4) is 0 Å². The molecule has 0 unspecified atom stereocenters. The summed E-state index contributed by atoms with van der Waals surface area (Å²) in [5.41, 5.74) is 3.21. The van der Waals surface area contributed by atoms with Crippen LogP contribution in [0.2, 0.25) is 0 Å². The van der Waals surface area contributed by atoms with Crippen molar-refractivity contribution in [1.82, 2.24) is 5.32 Å². The Labute approximate surface area is 108 Å². The van der Waals surface area contributed by atoms with Crippen LogP contribution in [0.25, 0.3) is 0 Å². The Morgan fingerprint density at radius 2 is 2.11 bits per heavy atom. The van der Waals surface area contributed by atoms with Crippen molar-refractivity contribution in [2.24, 2.45) is 4.99 Å². The second-order valence-electron chi connectivity index (χ2n) is 4.62. The molecule has 1 aliphatic heterocycles. The number of anilines is 1. The molecule has 2 rings (SSSR count). The summed E-state index contributed by atoms with van der Waals surface area (Å²) in [6.07, 6.45) is 2.09. The molecule has 2 N–H and O–H groups in total. The van der Waals surface area contributed by atoms with Crippen molar-refractivity contribution in [3.63, 3.8) is 0 Å². The molecular formula is C14H19N3O. The van der Waals surface area contributed by atoms with Crippen LogP contribution in [0, 0.1) is 13.8 Å². The van der Waals surface area contributed by atoms with Crippen molar-refractivity contribution in [1.29, 1.82) is 0 Å². The summed E-state index contributed by atoms with van der Waals surface area (Å²) >= 11 is 0. The van der Waals surface area contributed by atoms with E-state index in [1.807, 2.05) is 25.1 Å². The molecule has 0 saturated carbocycles. The molecule has 96 valence electrons. The molecule has 1 aromatic rings. The van der Waals surface area contributed by atoms with Gasteiger partial charge >= 0.3 is 0 Å². The van der Waals surface area contributed by atoms with E-state index >= 15 is 0 Å². The number of nitrogens with zero attached hydrogens (tertiary/aromatic N) is 1. The minimum Gasteiger partial charge on any atom is -0.366 e. The van der Waals surface area contributed by atoms with Gasteiger partial charge in [0.15, 0.2) is 5.84 Å². The van der Waals surface area contributed by atoms with Crippen LogP contribution in [-0.2, 0) is 4.79 Å². The number of benzene rings is 1. The molecule has 0 atom stereocenters. The van der Waals surface area contributed by atoms with Crippen LogP contribution in [0.3, 0.4) is 0 Å². The van der Waals surface area contributed by atoms with Crippen LogP contribution in [0.4, 0.5) is 5.69 Å². The van der Waals surface area contributed by atoms with Gasteiger partial charge in [-0.05, 0) is 49.9 Å². The zero-order valence-corrected chi connectivity index (χ0v) is 10.9. The number of hydrogen-bond acceptors (Lipinski definition) is 3. The Morgan fingerprint density at radius 3 is 2.89 bits per heavy atom. The second kappa shape index (κ2) is 5.67. The number of carbonyl (C=O) groups is 1. The van der Waals surface area contributed by atoms with Gasteiger partial charge in [0.2, 0.25) is 0 Å². The van der Waals surface area contributed by atoms with E-state index in [2.05, 4.69) is 22.5 Å². The van der Waals surface area contributed by atoms with E-state index in [1.165, 1.54) is 11.1 Å². The van der Waals surface area contributed by atoms with Crippen LogP contribution in [0.1, 0.15) is 24.0 Å². The highest BCUT2D eigenvalue weighted by atomic mass is 16.2. The molecule has 1 amide bonds. The van der Waals surface area contributed by atoms with Crippen molar-refractivity contribution >= 4 is 17.4 Å². The second-order valence-corrected chi connectivity index (χ2v) is 4.62. The first kappa shape index (κ1) is 12.6. The van der Waals surface area contributed by atoms with E-state index in [-0.39, 0.29) is 5.91 Å². The lowest BCUT2D eigenvalue weighted by Gasteiger charge is -2.09. The predicted molar refractivity (Wildman–Crippen MR) is 74.1 cm³/mol. The van der Waals surface area contributed by atoms with Crippen molar-refractivity contribution in [2.45, 2.75) is 26.7 Å². The molecule has 0 radical (unpaired) electrons. The summed E-state index contributed by atoms with van der Waals surface area (Å²) in [6.45, 7) is 5.63. The highest BCUT2D eigenvalue weighted by Crippen LogP contribution is 2.14. The molecular weight excluding hydrogens is 226 g/mol. The van der Waals surface area contributed by atoms with Gasteiger partial charge in [0.05, 0.1) is 0 Å². The fourth-order valence-electron chi connectivity index (χ4n) is 1.85. The SMILES string of the molecule is Cc1ccc(NC(=O)C2=NCCCCN2)cc1C. The highest BCUT2D eigenvalue weighted by Gasteiger charge is 2.12. The quantitative estimate of drug-likeness (QED) is 0.837. The third-order valence-electron chi connectivity index (χ3n) is 3.13. The first-order valence-corrected chi connectivity index (χ1v) is 6.34. The summed E-state index contributed by atoms with van der Waals surface area (Å²) in [5.74, 6) is 0.297. The summed E-state index contributed by atoms with van der Waals surface area (Å²) < 4.78 is 0. The van der Waals surface area contributed by atoms with E-state index in [0.29, 0.717) is 5.84 Å². The summed E-state index contributed by atoms with van der Waals surface area (Å²) in [7, 11) is 0. The van der Waals surface area contributed by atoms with Gasteiger partial charge in [-0.1, -0.05) is 6.07 Å². The number of nitrogens with one attached hydrogen (secondary N) is 2. The van der Waals surface area contributed by atoms with Crippen molar-refractivity contribution in [3.05, 3.63) is 29.3 Å². The minimum atomic E-state index is -0.153. The van der Waals surface area contributed by atoms with Gasteiger partial charge < -0.3 is 10.6 Å². The Balaban J connectivity index is 2.06. The van der Waals surface area contributed by atoms with E-state index in [1.54, 1.807) is 0 Å². The number of rotatable bonds is 2. The van der Waals surface area contributed by atoms with Crippen LogP contribution in [0.5, 0.6) is 0 Å². The largest absolute Gasteiger partial charge is 0.366 e. The molecule has 18 heavy (non-hydrogen) atoms. The molecule has 0 fully saturated rings. The number of amides is 1. The van der Waals surface area contributed by atoms with E-state index < -0.39 is 0 Å². The van der Waals surface area contributed by atoms with Crippen LogP contribution in [0.15, 0.2) is 23.2 Å². The number of aryl methyl sites for hydroxylation is 2. The topological polar surface area (TPSA) is 53.5 Å². The number of carbonyl (C=O) groups excluding carboxylic acids is 1. The zero-order valence-electron chi connectivity index (χ0n) is 10.9. The third kappa shape index (κ3) is 3.09. The molecule has 0 bridgehead atoms. The first-order valence-electron chi connectivity index (χ1n) is 6.34. The fraction of sp³-hybridized carbons (Fsp3) is 0.429. The minimum absolute atomic E-state index is 0.153.